The number of halogens is 3. The molecule has 0 spiro atoms. The molecule has 0 unspecified atom stereocenters. The van der Waals surface area contributed by atoms with E-state index in [1.807, 2.05) is 0 Å². The monoisotopic (exact) mass is 346 g/mol. The highest BCUT2D eigenvalue weighted by molar-refractivity contribution is 5.88. The molecule has 9 heteroatoms. The van der Waals surface area contributed by atoms with Gasteiger partial charge in [-0.15, -0.1) is 0 Å². The largest absolute Gasteiger partial charge is 0.393 e. The maximum atomic E-state index is 13.2. The molecule has 0 saturated heterocycles. The highest BCUT2D eigenvalue weighted by Crippen LogP contribution is 2.39. The first-order chi connectivity index (χ1) is 11.3. The summed E-state index contributed by atoms with van der Waals surface area (Å²) in [6, 6.07) is 0.0504. The third kappa shape index (κ3) is 4.56. The van der Waals surface area contributed by atoms with Crippen molar-refractivity contribution in [2.45, 2.75) is 44.5 Å². The highest BCUT2D eigenvalue weighted by atomic mass is 19.4. The summed E-state index contributed by atoms with van der Waals surface area (Å²) in [5.74, 6) is -1.26. The number of anilines is 1. The minimum absolute atomic E-state index is 0.0529. The van der Waals surface area contributed by atoms with Crippen LogP contribution in [-0.2, 0) is 11.3 Å². The molecule has 1 fully saturated rings. The minimum atomic E-state index is -4.31. The number of amides is 2. The highest BCUT2D eigenvalue weighted by Gasteiger charge is 2.47. The predicted molar refractivity (Wildman–Crippen MR) is 81.3 cm³/mol. The molecule has 1 aromatic rings. The van der Waals surface area contributed by atoms with Crippen molar-refractivity contribution in [1.82, 2.24) is 14.9 Å². The molecule has 2 amide bonds. The van der Waals surface area contributed by atoms with Crippen molar-refractivity contribution in [3.63, 3.8) is 0 Å². The van der Waals surface area contributed by atoms with Gasteiger partial charge in [0.25, 0.3) is 0 Å². The van der Waals surface area contributed by atoms with Gasteiger partial charge < -0.3 is 9.64 Å². The van der Waals surface area contributed by atoms with Crippen LogP contribution in [0.3, 0.4) is 0 Å². The van der Waals surface area contributed by atoms with Gasteiger partial charge in [-0.3, -0.25) is 5.32 Å². The molecule has 1 aromatic heterocycles. The van der Waals surface area contributed by atoms with Crippen LogP contribution in [-0.4, -0.2) is 47.3 Å². The zero-order valence-corrected chi connectivity index (χ0v) is 13.6. The molecule has 0 bridgehead atoms. The molecule has 134 valence electrons. The third-order valence-corrected chi connectivity index (χ3v) is 4.22. The normalized spacial score (nSPS) is 21.4. The number of carbonyl (C=O) groups is 1. The Balaban J connectivity index is 2.06. The second kappa shape index (κ2) is 7.78. The molecule has 0 aromatic carbocycles. The number of hydrogen-bond donors (Lipinski definition) is 1. The number of ether oxygens (including phenoxy) is 1. The number of urea groups is 1. The second-order valence-electron chi connectivity index (χ2n) is 5.87. The third-order valence-electron chi connectivity index (χ3n) is 4.22. The van der Waals surface area contributed by atoms with Crippen LogP contribution < -0.4 is 5.32 Å². The van der Waals surface area contributed by atoms with Crippen LogP contribution in [0.15, 0.2) is 12.4 Å². The summed E-state index contributed by atoms with van der Waals surface area (Å²) in [4.78, 5) is 21.3. The van der Waals surface area contributed by atoms with E-state index < -0.39 is 24.2 Å². The SMILES string of the molecule is COCc1cc(NC(=O)N(C)[C@H]2CCCC[C@H]2C(F)(F)F)ncn1. The fourth-order valence-electron chi connectivity index (χ4n) is 3.00. The van der Waals surface area contributed by atoms with Crippen LogP contribution in [0.4, 0.5) is 23.8 Å². The average Bonchev–Trinajstić information content (AvgIpc) is 2.54. The Morgan fingerprint density at radius 3 is 2.75 bits per heavy atom. The summed E-state index contributed by atoms with van der Waals surface area (Å²) in [7, 11) is 2.90. The zero-order chi connectivity index (χ0) is 17.7. The number of nitrogens with zero attached hydrogens (tertiary/aromatic N) is 3. The molecular weight excluding hydrogens is 325 g/mol. The number of carbonyl (C=O) groups excluding carboxylic acids is 1. The number of nitrogens with one attached hydrogen (secondary N) is 1. The summed E-state index contributed by atoms with van der Waals surface area (Å²) in [6.45, 7) is 0.250. The van der Waals surface area contributed by atoms with Crippen molar-refractivity contribution in [1.29, 1.82) is 0 Å². The van der Waals surface area contributed by atoms with Gasteiger partial charge in [0.05, 0.1) is 18.2 Å². The van der Waals surface area contributed by atoms with Crippen LogP contribution in [0.25, 0.3) is 0 Å². The van der Waals surface area contributed by atoms with Gasteiger partial charge in [-0.25, -0.2) is 14.8 Å². The molecule has 0 radical (unpaired) electrons. The maximum Gasteiger partial charge on any atom is 0.393 e. The van der Waals surface area contributed by atoms with Crippen molar-refractivity contribution in [2.75, 3.05) is 19.5 Å². The lowest BCUT2D eigenvalue weighted by molar-refractivity contribution is -0.195. The fraction of sp³-hybridized carbons (Fsp3) is 0.667. The first-order valence-corrected chi connectivity index (χ1v) is 7.73. The zero-order valence-electron chi connectivity index (χ0n) is 13.6. The molecule has 1 aliphatic rings. The molecule has 1 aliphatic carbocycles. The Labute approximate surface area is 138 Å². The van der Waals surface area contributed by atoms with Gasteiger partial charge in [0.15, 0.2) is 0 Å². The van der Waals surface area contributed by atoms with E-state index in [2.05, 4.69) is 15.3 Å². The summed E-state index contributed by atoms with van der Waals surface area (Å²) in [5.41, 5.74) is 0.566. The molecular formula is C15H21F3N4O2. The number of aromatic nitrogens is 2. The van der Waals surface area contributed by atoms with Crippen LogP contribution in [0.2, 0.25) is 0 Å². The number of rotatable bonds is 4. The Morgan fingerprint density at radius 2 is 2.08 bits per heavy atom. The van der Waals surface area contributed by atoms with E-state index >= 15 is 0 Å². The predicted octanol–water partition coefficient (Wildman–Crippen LogP) is 3.21. The molecule has 1 N–H and O–H groups in total. The van der Waals surface area contributed by atoms with Crippen molar-refractivity contribution in [3.05, 3.63) is 18.1 Å². The van der Waals surface area contributed by atoms with Gasteiger partial charge in [-0.05, 0) is 12.8 Å². The van der Waals surface area contributed by atoms with E-state index in [1.165, 1.54) is 26.6 Å². The van der Waals surface area contributed by atoms with E-state index in [0.29, 0.717) is 25.0 Å². The topological polar surface area (TPSA) is 67.3 Å². The first kappa shape index (κ1) is 18.4. The lowest BCUT2D eigenvalue weighted by Gasteiger charge is -2.38. The van der Waals surface area contributed by atoms with Crippen LogP contribution in [0, 0.1) is 5.92 Å². The lowest BCUT2D eigenvalue weighted by Crippen LogP contribution is -2.49. The molecule has 2 rings (SSSR count). The smallest absolute Gasteiger partial charge is 0.378 e. The van der Waals surface area contributed by atoms with Crippen molar-refractivity contribution in [2.24, 2.45) is 5.92 Å². The standard InChI is InChI=1S/C15H21F3N4O2/c1-22(12-6-4-3-5-11(12)15(16,17)18)14(23)21-13-7-10(8-24-2)19-9-20-13/h7,9,11-12H,3-6,8H2,1-2H3,(H,19,20,21,23)/t11-,12+/m1/s1. The lowest BCUT2D eigenvalue weighted by atomic mass is 9.83. The molecule has 1 heterocycles. The van der Waals surface area contributed by atoms with E-state index in [0.717, 1.165) is 4.90 Å². The number of hydrogen-bond acceptors (Lipinski definition) is 4. The van der Waals surface area contributed by atoms with Gasteiger partial charge >= 0.3 is 12.2 Å². The first-order valence-electron chi connectivity index (χ1n) is 7.73. The van der Waals surface area contributed by atoms with E-state index in [9.17, 15) is 18.0 Å². The van der Waals surface area contributed by atoms with Crippen molar-refractivity contribution < 1.29 is 22.7 Å². The van der Waals surface area contributed by atoms with Gasteiger partial charge in [-0.1, -0.05) is 12.8 Å². The molecule has 1 saturated carbocycles. The van der Waals surface area contributed by atoms with Gasteiger partial charge in [0, 0.05) is 26.3 Å². The maximum absolute atomic E-state index is 13.2. The Morgan fingerprint density at radius 1 is 1.38 bits per heavy atom. The quantitative estimate of drug-likeness (QED) is 0.909. The Hall–Kier alpha value is -1.90. The van der Waals surface area contributed by atoms with Crippen LogP contribution in [0.1, 0.15) is 31.4 Å². The van der Waals surface area contributed by atoms with E-state index in [1.54, 1.807) is 0 Å². The number of methoxy groups -OCH3 is 1. The summed E-state index contributed by atoms with van der Waals surface area (Å²) in [6.07, 6.45) is -1.43. The Kier molecular flexibility index (Phi) is 5.98. The Bertz CT molecular complexity index is 568. The molecule has 2 atom stereocenters. The molecule has 24 heavy (non-hydrogen) atoms. The average molecular weight is 346 g/mol. The molecule has 6 nitrogen and oxygen atoms in total. The summed E-state index contributed by atoms with van der Waals surface area (Å²) >= 11 is 0. The van der Waals surface area contributed by atoms with Crippen LogP contribution >= 0.6 is 0 Å². The van der Waals surface area contributed by atoms with E-state index in [4.69, 9.17) is 4.74 Å². The van der Waals surface area contributed by atoms with Crippen molar-refractivity contribution in [3.8, 4) is 0 Å². The second-order valence-corrected chi connectivity index (χ2v) is 5.87. The summed E-state index contributed by atoms with van der Waals surface area (Å²) < 4.78 is 44.5. The molecule has 0 aliphatic heterocycles. The fourth-order valence-corrected chi connectivity index (χ4v) is 3.00. The van der Waals surface area contributed by atoms with Crippen LogP contribution in [0.5, 0.6) is 0 Å². The summed E-state index contributed by atoms with van der Waals surface area (Å²) in [5, 5.41) is 2.52. The number of alkyl halides is 3. The van der Waals surface area contributed by atoms with Gasteiger partial charge in [0.2, 0.25) is 0 Å². The van der Waals surface area contributed by atoms with Gasteiger partial charge in [0.1, 0.15) is 12.1 Å². The van der Waals surface area contributed by atoms with E-state index in [-0.39, 0.29) is 18.8 Å². The minimum Gasteiger partial charge on any atom is -0.378 e. The van der Waals surface area contributed by atoms with Crippen molar-refractivity contribution >= 4 is 11.8 Å². The van der Waals surface area contributed by atoms with Gasteiger partial charge in [-0.2, -0.15) is 13.2 Å².